The Kier molecular flexibility index (Phi) is 7.65. The molecular weight excluding hydrogens is 438 g/mol. The molecule has 0 bridgehead atoms. The SMILES string of the molecule is COc1ccc(/C(C=NCc2ccccc2)=C/N)cc1[C@@H](C)NC(=O)c1[nH]c(=O)[nH]c(=O)c1O. The molecule has 0 radical (unpaired) electrons. The summed E-state index contributed by atoms with van der Waals surface area (Å²) in [6.45, 7) is 2.18. The van der Waals surface area contributed by atoms with Crippen molar-refractivity contribution in [3.63, 3.8) is 0 Å². The van der Waals surface area contributed by atoms with Gasteiger partial charge in [0, 0.05) is 23.6 Å². The van der Waals surface area contributed by atoms with Crippen LogP contribution in [0.15, 0.2) is 69.3 Å². The van der Waals surface area contributed by atoms with Crippen LogP contribution in [0.1, 0.15) is 40.1 Å². The molecule has 6 N–H and O–H groups in total. The zero-order valence-corrected chi connectivity index (χ0v) is 18.7. The lowest BCUT2D eigenvalue weighted by atomic mass is 9.99. The maximum atomic E-state index is 12.6. The van der Waals surface area contributed by atoms with Crippen LogP contribution in [0, 0.1) is 0 Å². The normalized spacial score (nSPS) is 12.5. The third-order valence-electron chi connectivity index (χ3n) is 5.05. The summed E-state index contributed by atoms with van der Waals surface area (Å²) in [6, 6.07) is 14.5. The first-order chi connectivity index (χ1) is 16.3. The van der Waals surface area contributed by atoms with Crippen molar-refractivity contribution < 1.29 is 14.6 Å². The molecule has 1 aromatic heterocycles. The molecule has 3 aromatic rings. The Morgan fingerprint density at radius 2 is 1.94 bits per heavy atom. The van der Waals surface area contributed by atoms with Crippen LogP contribution in [-0.4, -0.2) is 34.3 Å². The Morgan fingerprint density at radius 3 is 2.62 bits per heavy atom. The summed E-state index contributed by atoms with van der Waals surface area (Å²) in [5.74, 6) is -1.22. The molecule has 1 amide bonds. The van der Waals surface area contributed by atoms with Crippen molar-refractivity contribution in [3.8, 4) is 11.5 Å². The number of hydrogen-bond acceptors (Lipinski definition) is 7. The van der Waals surface area contributed by atoms with E-state index in [1.54, 1.807) is 25.3 Å². The summed E-state index contributed by atoms with van der Waals surface area (Å²) in [7, 11) is 1.49. The molecule has 0 saturated heterocycles. The largest absolute Gasteiger partial charge is 0.501 e. The molecule has 34 heavy (non-hydrogen) atoms. The van der Waals surface area contributed by atoms with Gasteiger partial charge in [-0.1, -0.05) is 36.4 Å². The number of rotatable bonds is 8. The van der Waals surface area contributed by atoms with Crippen molar-refractivity contribution >= 4 is 17.7 Å². The number of aromatic nitrogens is 2. The number of methoxy groups -OCH3 is 1. The quantitative estimate of drug-likeness (QED) is 0.320. The van der Waals surface area contributed by atoms with Crippen LogP contribution in [0.3, 0.4) is 0 Å². The Morgan fingerprint density at radius 1 is 1.21 bits per heavy atom. The van der Waals surface area contributed by atoms with Gasteiger partial charge in [0.15, 0.2) is 5.69 Å². The average molecular weight is 463 g/mol. The number of amides is 1. The van der Waals surface area contributed by atoms with Crippen molar-refractivity contribution in [2.45, 2.75) is 19.5 Å². The molecule has 0 aliphatic carbocycles. The Labute approximate surface area is 194 Å². The van der Waals surface area contributed by atoms with Crippen molar-refractivity contribution in [3.05, 3.63) is 98.0 Å². The number of aromatic amines is 2. The van der Waals surface area contributed by atoms with Crippen molar-refractivity contribution in [2.75, 3.05) is 7.11 Å². The molecule has 0 aliphatic heterocycles. The van der Waals surface area contributed by atoms with Gasteiger partial charge in [-0.2, -0.15) is 0 Å². The summed E-state index contributed by atoms with van der Waals surface area (Å²) < 4.78 is 5.43. The van der Waals surface area contributed by atoms with Crippen molar-refractivity contribution in [1.82, 2.24) is 15.3 Å². The van der Waals surface area contributed by atoms with E-state index in [0.29, 0.717) is 23.4 Å². The van der Waals surface area contributed by atoms with E-state index in [0.717, 1.165) is 11.1 Å². The van der Waals surface area contributed by atoms with Crippen LogP contribution < -0.4 is 27.0 Å². The average Bonchev–Trinajstić information content (AvgIpc) is 2.84. The molecule has 0 saturated carbocycles. The summed E-state index contributed by atoms with van der Waals surface area (Å²) in [4.78, 5) is 44.1. The number of nitrogens with zero attached hydrogens (tertiary/aromatic N) is 1. The van der Waals surface area contributed by atoms with E-state index >= 15 is 0 Å². The van der Waals surface area contributed by atoms with Gasteiger partial charge in [0.2, 0.25) is 5.75 Å². The minimum atomic E-state index is -1.06. The fourth-order valence-electron chi connectivity index (χ4n) is 3.29. The first-order valence-corrected chi connectivity index (χ1v) is 10.3. The summed E-state index contributed by atoms with van der Waals surface area (Å²) in [6.07, 6.45) is 3.10. The number of aliphatic imine (C=N–C) groups is 1. The second-order valence-electron chi connectivity index (χ2n) is 7.36. The van der Waals surface area contributed by atoms with E-state index in [4.69, 9.17) is 10.5 Å². The lowest BCUT2D eigenvalue weighted by molar-refractivity contribution is 0.0930. The third-order valence-corrected chi connectivity index (χ3v) is 5.05. The number of benzene rings is 2. The number of carbonyl (C=O) groups is 1. The monoisotopic (exact) mass is 463 g/mol. The highest BCUT2D eigenvalue weighted by molar-refractivity contribution is 6.09. The standard InChI is InChI=1S/C24H25N5O5/c1-14(27-22(31)20-21(30)23(32)29-24(33)28-20)18-10-16(8-9-19(18)34-2)17(11-25)13-26-12-15-6-4-3-5-7-15/h3-11,13-14,30H,12,25H2,1-2H3,(H,27,31)(H2,28,29,32,33)/b17-11+,26-13?/t14-/m1/s1. The molecule has 3 rings (SSSR count). The Bertz CT molecular complexity index is 1340. The number of nitrogens with two attached hydrogens (primary N) is 1. The molecule has 0 spiro atoms. The molecule has 0 fully saturated rings. The van der Waals surface area contributed by atoms with Crippen LogP contribution in [0.4, 0.5) is 0 Å². The summed E-state index contributed by atoms with van der Waals surface area (Å²) >= 11 is 0. The number of nitrogens with one attached hydrogen (secondary N) is 3. The van der Waals surface area contributed by atoms with Crippen LogP contribution >= 0.6 is 0 Å². The van der Waals surface area contributed by atoms with Gasteiger partial charge in [-0.05, 0) is 30.2 Å². The van der Waals surface area contributed by atoms with E-state index in [9.17, 15) is 19.5 Å². The van der Waals surface area contributed by atoms with Gasteiger partial charge in [-0.25, -0.2) is 4.79 Å². The number of ether oxygens (including phenoxy) is 1. The second-order valence-corrected chi connectivity index (χ2v) is 7.36. The van der Waals surface area contributed by atoms with E-state index < -0.39 is 34.6 Å². The minimum Gasteiger partial charge on any atom is -0.501 e. The topological polar surface area (TPSA) is 163 Å². The van der Waals surface area contributed by atoms with Crippen molar-refractivity contribution in [1.29, 1.82) is 0 Å². The van der Waals surface area contributed by atoms with Crippen LogP contribution in [0.25, 0.3) is 5.57 Å². The van der Waals surface area contributed by atoms with Gasteiger partial charge in [0.05, 0.1) is 19.7 Å². The molecule has 10 heteroatoms. The zero-order valence-electron chi connectivity index (χ0n) is 18.7. The molecule has 10 nitrogen and oxygen atoms in total. The van der Waals surface area contributed by atoms with E-state index in [-0.39, 0.29) is 0 Å². The highest BCUT2D eigenvalue weighted by Crippen LogP contribution is 2.29. The molecule has 1 atom stereocenters. The second kappa shape index (κ2) is 10.8. The van der Waals surface area contributed by atoms with E-state index in [2.05, 4.69) is 15.3 Å². The smallest absolute Gasteiger partial charge is 0.326 e. The van der Waals surface area contributed by atoms with Crippen LogP contribution in [0.5, 0.6) is 11.5 Å². The number of allylic oxidation sites excluding steroid dienone is 1. The van der Waals surface area contributed by atoms with Gasteiger partial charge in [0.1, 0.15) is 5.75 Å². The third kappa shape index (κ3) is 5.60. The zero-order chi connectivity index (χ0) is 24.7. The van der Waals surface area contributed by atoms with Gasteiger partial charge >= 0.3 is 5.69 Å². The maximum Gasteiger partial charge on any atom is 0.326 e. The highest BCUT2D eigenvalue weighted by Gasteiger charge is 2.20. The Hall–Kier alpha value is -4.60. The molecule has 0 unspecified atom stereocenters. The van der Waals surface area contributed by atoms with Crippen LogP contribution in [0.2, 0.25) is 0 Å². The lowest BCUT2D eigenvalue weighted by Crippen LogP contribution is -2.33. The highest BCUT2D eigenvalue weighted by atomic mass is 16.5. The van der Waals surface area contributed by atoms with Gasteiger partial charge < -0.3 is 20.9 Å². The molecule has 0 aliphatic rings. The number of aromatic hydroxyl groups is 1. The summed E-state index contributed by atoms with van der Waals surface area (Å²) in [5.41, 5.74) is 6.39. The number of carbonyl (C=O) groups excluding carboxylic acids is 1. The predicted molar refractivity (Wildman–Crippen MR) is 129 cm³/mol. The first-order valence-electron chi connectivity index (χ1n) is 10.3. The van der Waals surface area contributed by atoms with Crippen LogP contribution in [-0.2, 0) is 6.54 Å². The molecule has 2 aromatic carbocycles. The van der Waals surface area contributed by atoms with E-state index in [1.165, 1.54) is 13.3 Å². The molecule has 1 heterocycles. The lowest BCUT2D eigenvalue weighted by Gasteiger charge is -2.19. The van der Waals surface area contributed by atoms with Gasteiger partial charge in [-0.3, -0.25) is 24.5 Å². The molecule has 176 valence electrons. The van der Waals surface area contributed by atoms with Gasteiger partial charge in [0.25, 0.3) is 11.5 Å². The Balaban J connectivity index is 1.84. The number of H-pyrrole nitrogens is 2. The fourth-order valence-corrected chi connectivity index (χ4v) is 3.29. The van der Waals surface area contributed by atoms with Gasteiger partial charge in [-0.15, -0.1) is 0 Å². The fraction of sp³-hybridized carbons (Fsp3) is 0.167. The first kappa shape index (κ1) is 24.1. The van der Waals surface area contributed by atoms with E-state index in [1.807, 2.05) is 41.4 Å². The predicted octanol–water partition coefficient (Wildman–Crippen LogP) is 1.84. The summed E-state index contributed by atoms with van der Waals surface area (Å²) in [5, 5.41) is 12.5. The molecular formula is C24H25N5O5. The minimum absolute atomic E-state index is 0.492. The van der Waals surface area contributed by atoms with Crippen molar-refractivity contribution in [2.24, 2.45) is 10.7 Å². The number of hydrogen-bond donors (Lipinski definition) is 5. The maximum absolute atomic E-state index is 12.6.